The van der Waals surface area contributed by atoms with Crippen LogP contribution >= 0.6 is 0 Å². The van der Waals surface area contributed by atoms with E-state index in [2.05, 4.69) is 6.58 Å². The highest BCUT2D eigenvalue weighted by molar-refractivity contribution is 5.81. The molecule has 1 saturated carbocycles. The summed E-state index contributed by atoms with van der Waals surface area (Å²) in [7, 11) is 0. The lowest BCUT2D eigenvalue weighted by Crippen LogP contribution is -2.25. The minimum absolute atomic E-state index is 0.0355. The van der Waals surface area contributed by atoms with Crippen LogP contribution in [0.1, 0.15) is 25.7 Å². The maximum Gasteiger partial charge on any atom is 0.330 e. The zero-order valence-electron chi connectivity index (χ0n) is 7.74. The number of esters is 1. The fraction of sp³-hybridized carbons (Fsp3) is 0.700. The lowest BCUT2D eigenvalue weighted by Gasteiger charge is -2.26. The molecule has 74 valence electrons. The van der Waals surface area contributed by atoms with Gasteiger partial charge in [-0.2, -0.15) is 0 Å². The first-order chi connectivity index (χ1) is 6.26. The summed E-state index contributed by atoms with van der Waals surface area (Å²) in [5.74, 6) is 0.0612. The predicted octanol–water partition coefficient (Wildman–Crippen LogP) is 1.27. The molecule has 0 aromatic carbocycles. The van der Waals surface area contributed by atoms with E-state index < -0.39 is 0 Å². The molecule has 13 heavy (non-hydrogen) atoms. The summed E-state index contributed by atoms with van der Waals surface area (Å²) in [6.45, 7) is 3.59. The Morgan fingerprint density at radius 3 is 2.54 bits per heavy atom. The van der Waals surface area contributed by atoms with Gasteiger partial charge in [0.15, 0.2) is 0 Å². The van der Waals surface area contributed by atoms with Crippen molar-refractivity contribution in [3.8, 4) is 0 Å². The van der Waals surface area contributed by atoms with Gasteiger partial charge in [-0.15, -0.1) is 0 Å². The van der Waals surface area contributed by atoms with Crippen molar-refractivity contribution in [3.05, 3.63) is 12.7 Å². The van der Waals surface area contributed by atoms with Crippen LogP contribution in [0, 0.1) is 5.92 Å². The van der Waals surface area contributed by atoms with Gasteiger partial charge in [0.25, 0.3) is 0 Å². The van der Waals surface area contributed by atoms with Gasteiger partial charge in [-0.3, -0.25) is 0 Å². The third-order valence-electron chi connectivity index (χ3n) is 2.50. The highest BCUT2D eigenvalue weighted by atomic mass is 16.5. The highest BCUT2D eigenvalue weighted by Gasteiger charge is 2.22. The number of aliphatic hydroxyl groups is 1. The quantitative estimate of drug-likeness (QED) is 0.530. The number of carbonyl (C=O) groups is 1. The SMILES string of the molecule is C=CC(=O)OC1CCC(CO)CC1. The van der Waals surface area contributed by atoms with Crippen LogP contribution < -0.4 is 0 Å². The molecular formula is C10H16O3. The number of carbonyl (C=O) groups excluding carboxylic acids is 1. The van der Waals surface area contributed by atoms with Gasteiger partial charge in [0.1, 0.15) is 6.10 Å². The number of aliphatic hydroxyl groups excluding tert-OH is 1. The molecular weight excluding hydrogens is 168 g/mol. The molecule has 0 aliphatic heterocycles. The van der Waals surface area contributed by atoms with E-state index in [1.807, 2.05) is 0 Å². The van der Waals surface area contributed by atoms with Gasteiger partial charge in [-0.25, -0.2) is 4.79 Å². The van der Waals surface area contributed by atoms with Gasteiger partial charge in [0, 0.05) is 12.7 Å². The van der Waals surface area contributed by atoms with Crippen LogP contribution in [-0.2, 0) is 9.53 Å². The third kappa shape index (κ3) is 3.19. The first-order valence-electron chi connectivity index (χ1n) is 4.70. The van der Waals surface area contributed by atoms with Crippen molar-refractivity contribution in [2.45, 2.75) is 31.8 Å². The Hall–Kier alpha value is -0.830. The van der Waals surface area contributed by atoms with Gasteiger partial charge >= 0.3 is 5.97 Å². The van der Waals surface area contributed by atoms with Gasteiger partial charge in [-0.1, -0.05) is 6.58 Å². The average molecular weight is 184 g/mol. The summed E-state index contributed by atoms with van der Waals surface area (Å²) >= 11 is 0. The van der Waals surface area contributed by atoms with E-state index in [0.29, 0.717) is 5.92 Å². The Bertz CT molecular complexity index is 181. The van der Waals surface area contributed by atoms with Crippen LogP contribution in [0.4, 0.5) is 0 Å². The van der Waals surface area contributed by atoms with Crippen molar-refractivity contribution < 1.29 is 14.6 Å². The molecule has 1 aliphatic rings. The van der Waals surface area contributed by atoms with Crippen LogP contribution in [0.5, 0.6) is 0 Å². The van der Waals surface area contributed by atoms with Gasteiger partial charge in [-0.05, 0) is 31.6 Å². The predicted molar refractivity (Wildman–Crippen MR) is 49.1 cm³/mol. The Morgan fingerprint density at radius 2 is 2.08 bits per heavy atom. The molecule has 0 unspecified atom stereocenters. The molecule has 0 amide bonds. The van der Waals surface area contributed by atoms with E-state index in [-0.39, 0.29) is 18.7 Å². The summed E-state index contributed by atoms with van der Waals surface area (Å²) in [6.07, 6.45) is 4.86. The molecule has 0 atom stereocenters. The van der Waals surface area contributed by atoms with Crippen LogP contribution in [0.2, 0.25) is 0 Å². The second kappa shape index (κ2) is 5.02. The molecule has 1 fully saturated rings. The number of hydrogen-bond acceptors (Lipinski definition) is 3. The second-order valence-corrected chi connectivity index (χ2v) is 3.47. The largest absolute Gasteiger partial charge is 0.459 e. The third-order valence-corrected chi connectivity index (χ3v) is 2.50. The lowest BCUT2D eigenvalue weighted by molar-refractivity contribution is -0.144. The van der Waals surface area contributed by atoms with E-state index in [4.69, 9.17) is 9.84 Å². The average Bonchev–Trinajstić information content (AvgIpc) is 2.19. The van der Waals surface area contributed by atoms with E-state index in [1.54, 1.807) is 0 Å². The zero-order valence-corrected chi connectivity index (χ0v) is 7.74. The molecule has 1 aliphatic carbocycles. The van der Waals surface area contributed by atoms with E-state index in [0.717, 1.165) is 25.7 Å². The minimum atomic E-state index is -0.340. The summed E-state index contributed by atoms with van der Waals surface area (Å²) in [6, 6.07) is 0. The molecule has 0 bridgehead atoms. The lowest BCUT2D eigenvalue weighted by atomic mass is 9.88. The first kappa shape index (κ1) is 10.3. The fourth-order valence-electron chi connectivity index (χ4n) is 1.64. The number of ether oxygens (including phenoxy) is 1. The monoisotopic (exact) mass is 184 g/mol. The normalized spacial score (nSPS) is 28.1. The van der Waals surface area contributed by atoms with Gasteiger partial charge in [0.05, 0.1) is 0 Å². The molecule has 0 spiro atoms. The van der Waals surface area contributed by atoms with E-state index in [9.17, 15) is 4.79 Å². The maximum absolute atomic E-state index is 10.8. The van der Waals surface area contributed by atoms with Gasteiger partial charge < -0.3 is 9.84 Å². The molecule has 1 N–H and O–H groups in total. The van der Waals surface area contributed by atoms with Crippen LogP contribution in [0.15, 0.2) is 12.7 Å². The maximum atomic E-state index is 10.8. The Balaban J connectivity index is 2.24. The first-order valence-corrected chi connectivity index (χ1v) is 4.70. The topological polar surface area (TPSA) is 46.5 Å². The molecule has 0 saturated heterocycles. The Morgan fingerprint density at radius 1 is 1.46 bits per heavy atom. The van der Waals surface area contributed by atoms with Crippen LogP contribution in [0.25, 0.3) is 0 Å². The molecule has 0 heterocycles. The fourth-order valence-corrected chi connectivity index (χ4v) is 1.64. The standard InChI is InChI=1S/C10H16O3/c1-2-10(12)13-9-5-3-8(7-11)4-6-9/h2,8-9,11H,1,3-7H2. The van der Waals surface area contributed by atoms with Crippen LogP contribution in [0.3, 0.4) is 0 Å². The number of rotatable bonds is 3. The summed E-state index contributed by atoms with van der Waals surface area (Å²) < 4.78 is 5.09. The van der Waals surface area contributed by atoms with Crippen molar-refractivity contribution in [1.29, 1.82) is 0 Å². The molecule has 3 nitrogen and oxygen atoms in total. The summed E-state index contributed by atoms with van der Waals surface area (Å²) in [4.78, 5) is 10.8. The van der Waals surface area contributed by atoms with Crippen molar-refractivity contribution in [2.75, 3.05) is 6.61 Å². The van der Waals surface area contributed by atoms with Crippen molar-refractivity contribution in [3.63, 3.8) is 0 Å². The summed E-state index contributed by atoms with van der Waals surface area (Å²) in [5, 5.41) is 8.88. The van der Waals surface area contributed by atoms with Crippen molar-refractivity contribution in [2.24, 2.45) is 5.92 Å². The molecule has 0 radical (unpaired) electrons. The second-order valence-electron chi connectivity index (χ2n) is 3.47. The summed E-state index contributed by atoms with van der Waals surface area (Å²) in [5.41, 5.74) is 0. The highest BCUT2D eigenvalue weighted by Crippen LogP contribution is 2.25. The Labute approximate surface area is 78.4 Å². The number of hydrogen-bond donors (Lipinski definition) is 1. The van der Waals surface area contributed by atoms with E-state index in [1.165, 1.54) is 6.08 Å². The minimum Gasteiger partial charge on any atom is -0.459 e. The molecule has 3 heteroatoms. The van der Waals surface area contributed by atoms with Crippen molar-refractivity contribution in [1.82, 2.24) is 0 Å². The van der Waals surface area contributed by atoms with Gasteiger partial charge in [0.2, 0.25) is 0 Å². The molecule has 1 rings (SSSR count). The zero-order chi connectivity index (χ0) is 9.68. The van der Waals surface area contributed by atoms with Crippen molar-refractivity contribution >= 4 is 5.97 Å². The Kier molecular flexibility index (Phi) is 3.96. The van der Waals surface area contributed by atoms with E-state index >= 15 is 0 Å². The molecule has 0 aromatic rings. The van der Waals surface area contributed by atoms with Crippen LogP contribution in [-0.4, -0.2) is 23.8 Å². The molecule has 0 aromatic heterocycles. The smallest absolute Gasteiger partial charge is 0.330 e.